The number of anilines is 1. The second-order valence-electron chi connectivity index (χ2n) is 5.23. The van der Waals surface area contributed by atoms with Gasteiger partial charge in [0.15, 0.2) is 10.9 Å². The molecule has 0 aromatic heterocycles. The number of halogens is 1. The Balaban J connectivity index is 1.82. The molecule has 124 valence electrons. The minimum Gasteiger partial charge on any atom is -0.332 e. The van der Waals surface area contributed by atoms with Crippen LogP contribution in [-0.2, 0) is 11.2 Å². The Morgan fingerprint density at radius 1 is 1.08 bits per heavy atom. The van der Waals surface area contributed by atoms with E-state index in [1.165, 1.54) is 6.92 Å². The summed E-state index contributed by atoms with van der Waals surface area (Å²) in [6.45, 7) is 1.51. The maximum Gasteiger partial charge on any atom is 0.226 e. The second kappa shape index (κ2) is 8.57. The molecule has 0 aliphatic carbocycles. The predicted molar refractivity (Wildman–Crippen MR) is 101 cm³/mol. The van der Waals surface area contributed by atoms with E-state index in [4.69, 9.17) is 23.8 Å². The van der Waals surface area contributed by atoms with Crippen LogP contribution in [0.2, 0.25) is 5.02 Å². The van der Waals surface area contributed by atoms with E-state index >= 15 is 0 Å². The fraction of sp³-hybridized carbons (Fsp3) is 0.167. The molecule has 0 saturated carbocycles. The molecule has 0 spiro atoms. The van der Waals surface area contributed by atoms with Crippen molar-refractivity contribution in [1.82, 2.24) is 5.32 Å². The number of Topliss-reactive ketones (excluding diaryl/α,β-unsaturated/α-hetero) is 1. The molecular formula is C18H17ClN2O2S. The smallest absolute Gasteiger partial charge is 0.226 e. The number of carbonyl (C=O) groups is 2. The van der Waals surface area contributed by atoms with E-state index in [-0.39, 0.29) is 23.2 Å². The van der Waals surface area contributed by atoms with E-state index in [2.05, 4.69) is 10.6 Å². The molecule has 2 aromatic rings. The zero-order valence-corrected chi connectivity index (χ0v) is 14.7. The van der Waals surface area contributed by atoms with Gasteiger partial charge in [-0.15, -0.1) is 0 Å². The van der Waals surface area contributed by atoms with Crippen LogP contribution in [0.25, 0.3) is 0 Å². The first-order valence-electron chi connectivity index (χ1n) is 7.41. The van der Waals surface area contributed by atoms with Crippen molar-refractivity contribution in [3.63, 3.8) is 0 Å². The van der Waals surface area contributed by atoms with Gasteiger partial charge in [0.2, 0.25) is 5.91 Å². The minimum absolute atomic E-state index is 0.00278. The number of hydrogen-bond acceptors (Lipinski definition) is 3. The van der Waals surface area contributed by atoms with Gasteiger partial charge in [0.25, 0.3) is 0 Å². The molecule has 2 aromatic carbocycles. The van der Waals surface area contributed by atoms with Gasteiger partial charge < -0.3 is 10.6 Å². The highest BCUT2D eigenvalue weighted by atomic mass is 35.5. The van der Waals surface area contributed by atoms with E-state index in [0.717, 1.165) is 5.56 Å². The van der Waals surface area contributed by atoms with Gasteiger partial charge in [0.1, 0.15) is 0 Å². The molecule has 2 rings (SSSR count). The molecule has 4 nitrogen and oxygen atoms in total. The summed E-state index contributed by atoms with van der Waals surface area (Å²) < 4.78 is 0. The molecule has 0 atom stereocenters. The van der Waals surface area contributed by atoms with Gasteiger partial charge >= 0.3 is 0 Å². The lowest BCUT2D eigenvalue weighted by atomic mass is 10.1. The lowest BCUT2D eigenvalue weighted by molar-refractivity contribution is -0.119. The first-order chi connectivity index (χ1) is 11.5. The van der Waals surface area contributed by atoms with Crippen LogP contribution >= 0.6 is 23.8 Å². The van der Waals surface area contributed by atoms with Crippen LogP contribution in [0.5, 0.6) is 0 Å². The van der Waals surface area contributed by atoms with E-state index < -0.39 is 0 Å². The van der Waals surface area contributed by atoms with Crippen molar-refractivity contribution in [2.24, 2.45) is 0 Å². The Bertz CT molecular complexity index is 760. The van der Waals surface area contributed by atoms with Crippen molar-refractivity contribution in [3.8, 4) is 0 Å². The molecule has 0 aliphatic rings. The number of aryl methyl sites for hydroxylation is 1. The highest BCUT2D eigenvalue weighted by Gasteiger charge is 2.07. The van der Waals surface area contributed by atoms with Crippen LogP contribution in [0.3, 0.4) is 0 Å². The zero-order valence-electron chi connectivity index (χ0n) is 13.1. The quantitative estimate of drug-likeness (QED) is 0.625. The number of nitrogens with one attached hydrogen (secondary N) is 2. The van der Waals surface area contributed by atoms with Crippen LogP contribution in [0.4, 0.5) is 5.69 Å². The minimum atomic E-state index is -0.187. The molecule has 0 bridgehead atoms. The van der Waals surface area contributed by atoms with Gasteiger partial charge in [-0.1, -0.05) is 29.8 Å². The summed E-state index contributed by atoms with van der Waals surface area (Å²) >= 11 is 11.2. The molecule has 0 heterocycles. The molecule has 1 amide bonds. The number of hydrogen-bond donors (Lipinski definition) is 2. The highest BCUT2D eigenvalue weighted by molar-refractivity contribution is 7.80. The Morgan fingerprint density at radius 3 is 2.38 bits per heavy atom. The largest absolute Gasteiger partial charge is 0.332 e. The van der Waals surface area contributed by atoms with Crippen molar-refractivity contribution < 1.29 is 9.59 Å². The van der Waals surface area contributed by atoms with Gasteiger partial charge in [-0.05, 0) is 61.5 Å². The number of amides is 1. The monoisotopic (exact) mass is 360 g/mol. The summed E-state index contributed by atoms with van der Waals surface area (Å²) in [6, 6.07) is 14.3. The zero-order chi connectivity index (χ0) is 17.5. The standard InChI is InChI=1S/C18H17ClN2O2S/c1-12(22)13-6-9-15(10-7-13)20-18(24)21-17(23)11-8-14-4-2-3-5-16(14)19/h2-7,9-10H,8,11H2,1H3,(H2,20,21,23,24). The fourth-order valence-corrected chi connectivity index (χ4v) is 2.55. The lowest BCUT2D eigenvalue weighted by Crippen LogP contribution is -2.34. The van der Waals surface area contributed by atoms with E-state index in [0.29, 0.717) is 22.7 Å². The van der Waals surface area contributed by atoms with Crippen LogP contribution < -0.4 is 10.6 Å². The van der Waals surface area contributed by atoms with E-state index in [1.54, 1.807) is 30.3 Å². The third-order valence-electron chi connectivity index (χ3n) is 3.38. The Hall–Kier alpha value is -2.24. The summed E-state index contributed by atoms with van der Waals surface area (Å²) in [6.07, 6.45) is 0.830. The lowest BCUT2D eigenvalue weighted by Gasteiger charge is -2.10. The maximum atomic E-state index is 11.9. The molecule has 2 N–H and O–H groups in total. The van der Waals surface area contributed by atoms with Crippen molar-refractivity contribution in [3.05, 3.63) is 64.7 Å². The van der Waals surface area contributed by atoms with E-state index in [1.807, 2.05) is 18.2 Å². The van der Waals surface area contributed by atoms with Gasteiger partial charge in [0, 0.05) is 22.7 Å². The third-order valence-corrected chi connectivity index (χ3v) is 3.95. The van der Waals surface area contributed by atoms with Crippen LogP contribution in [0, 0.1) is 0 Å². The first kappa shape index (κ1) is 18.1. The van der Waals surface area contributed by atoms with Gasteiger partial charge in [-0.25, -0.2) is 0 Å². The van der Waals surface area contributed by atoms with Gasteiger partial charge in [-0.3, -0.25) is 9.59 Å². The summed E-state index contributed by atoms with van der Waals surface area (Å²) in [5.41, 5.74) is 2.25. The number of thiocarbonyl (C=S) groups is 1. The highest BCUT2D eigenvalue weighted by Crippen LogP contribution is 2.16. The van der Waals surface area contributed by atoms with Crippen molar-refractivity contribution in [2.75, 3.05) is 5.32 Å². The Kier molecular flexibility index (Phi) is 6.46. The van der Waals surface area contributed by atoms with Crippen molar-refractivity contribution in [1.29, 1.82) is 0 Å². The average molecular weight is 361 g/mol. The molecule has 0 radical (unpaired) electrons. The van der Waals surface area contributed by atoms with Gasteiger partial charge in [0.05, 0.1) is 0 Å². The SMILES string of the molecule is CC(=O)c1ccc(NC(=S)NC(=O)CCc2ccccc2Cl)cc1. The summed E-state index contributed by atoms with van der Waals surface area (Å²) in [5.74, 6) is -0.190. The predicted octanol–water partition coefficient (Wildman–Crippen LogP) is 3.99. The molecule has 0 fully saturated rings. The Morgan fingerprint density at radius 2 is 1.75 bits per heavy atom. The molecule has 0 unspecified atom stereocenters. The van der Waals surface area contributed by atoms with Crippen LogP contribution in [0.15, 0.2) is 48.5 Å². The number of rotatable bonds is 5. The summed E-state index contributed by atoms with van der Waals surface area (Å²) in [5, 5.41) is 6.40. The average Bonchev–Trinajstić information content (AvgIpc) is 2.54. The second-order valence-corrected chi connectivity index (χ2v) is 6.04. The number of benzene rings is 2. The molecule has 0 saturated heterocycles. The van der Waals surface area contributed by atoms with Gasteiger partial charge in [-0.2, -0.15) is 0 Å². The fourth-order valence-electron chi connectivity index (χ4n) is 2.09. The first-order valence-corrected chi connectivity index (χ1v) is 8.19. The topological polar surface area (TPSA) is 58.2 Å². The molecular weight excluding hydrogens is 344 g/mol. The number of ketones is 1. The normalized spacial score (nSPS) is 10.1. The summed E-state index contributed by atoms with van der Waals surface area (Å²) in [4.78, 5) is 23.2. The molecule has 0 aliphatic heterocycles. The molecule has 24 heavy (non-hydrogen) atoms. The third kappa shape index (κ3) is 5.44. The molecule has 6 heteroatoms. The van der Waals surface area contributed by atoms with Crippen molar-refractivity contribution in [2.45, 2.75) is 19.8 Å². The van der Waals surface area contributed by atoms with Crippen LogP contribution in [0.1, 0.15) is 29.3 Å². The summed E-state index contributed by atoms with van der Waals surface area (Å²) in [7, 11) is 0. The maximum absolute atomic E-state index is 11.9. The van der Waals surface area contributed by atoms with Crippen molar-refractivity contribution >= 4 is 46.3 Å². The van der Waals surface area contributed by atoms with E-state index in [9.17, 15) is 9.59 Å². The number of carbonyl (C=O) groups excluding carboxylic acids is 2. The van der Waals surface area contributed by atoms with Crippen LogP contribution in [-0.4, -0.2) is 16.8 Å². The Labute approximate surface area is 151 Å².